The molecule has 0 amide bonds. The Balaban J connectivity index is 1.72. The monoisotopic (exact) mass is 430 g/mol. The summed E-state index contributed by atoms with van der Waals surface area (Å²) >= 11 is 1.31. The lowest BCUT2D eigenvalue weighted by Crippen LogP contribution is -2.37. The van der Waals surface area contributed by atoms with Crippen LogP contribution in [0.25, 0.3) is 0 Å². The summed E-state index contributed by atoms with van der Waals surface area (Å²) in [6.07, 6.45) is 1.63. The summed E-state index contributed by atoms with van der Waals surface area (Å²) in [4.78, 5) is 20.9. The van der Waals surface area contributed by atoms with Crippen LogP contribution in [0, 0.1) is 35.8 Å². The number of thioether (sulfide) groups is 1. The summed E-state index contributed by atoms with van der Waals surface area (Å²) in [5.41, 5.74) is 5.16. The minimum atomic E-state index is -1.58. The second-order valence-electron chi connectivity index (χ2n) is 7.55. The maximum absolute atomic E-state index is 14.7. The van der Waals surface area contributed by atoms with Crippen LogP contribution in [-0.2, 0) is 12.0 Å². The number of hydrogen-bond donors (Lipinski definition) is 1. The molecule has 9 heteroatoms. The first-order valence-corrected chi connectivity index (χ1v) is 10.1. The van der Waals surface area contributed by atoms with Crippen molar-refractivity contribution in [2.45, 2.75) is 30.6 Å². The number of Topliss-reactive ketones (excluding diaryl/α,β-unsaturated/α-hetero) is 1. The molecule has 1 aliphatic heterocycles. The Kier molecular flexibility index (Phi) is 5.06. The predicted molar refractivity (Wildman–Crippen MR) is 107 cm³/mol. The molecular weight excluding hydrogens is 413 g/mol. The Morgan fingerprint density at radius 3 is 2.83 bits per heavy atom. The Labute approximate surface area is 175 Å². The topological polar surface area (TPSA) is 92.1 Å². The second-order valence-corrected chi connectivity index (χ2v) is 8.81. The van der Waals surface area contributed by atoms with Crippen LogP contribution in [0.1, 0.15) is 39.2 Å². The van der Waals surface area contributed by atoms with E-state index < -0.39 is 29.6 Å². The molecule has 1 aliphatic carbocycles. The van der Waals surface area contributed by atoms with E-state index in [0.717, 1.165) is 6.07 Å². The van der Waals surface area contributed by atoms with Crippen LogP contribution < -0.4 is 5.73 Å². The lowest BCUT2D eigenvalue weighted by molar-refractivity contribution is 0.0987. The van der Waals surface area contributed by atoms with Crippen molar-refractivity contribution in [3.05, 3.63) is 64.0 Å². The fourth-order valence-corrected chi connectivity index (χ4v) is 5.20. The third-order valence-corrected chi connectivity index (χ3v) is 6.68. The number of rotatable bonds is 5. The zero-order chi connectivity index (χ0) is 21.6. The number of nitrogens with two attached hydrogens (primary N) is 1. The van der Waals surface area contributed by atoms with Crippen molar-refractivity contribution in [3.63, 3.8) is 0 Å². The van der Waals surface area contributed by atoms with Crippen molar-refractivity contribution in [2.75, 3.05) is 6.67 Å². The van der Waals surface area contributed by atoms with Crippen LogP contribution in [0.2, 0.25) is 0 Å². The fourth-order valence-electron chi connectivity index (χ4n) is 3.99. The molecule has 2 heterocycles. The van der Waals surface area contributed by atoms with Gasteiger partial charge in [0.1, 0.15) is 24.0 Å². The lowest BCUT2D eigenvalue weighted by Gasteiger charge is -2.31. The highest BCUT2D eigenvalue weighted by molar-refractivity contribution is 8.14. The zero-order valence-electron chi connectivity index (χ0n) is 16.0. The van der Waals surface area contributed by atoms with Gasteiger partial charge in [0.15, 0.2) is 22.6 Å². The molecule has 1 saturated carbocycles. The summed E-state index contributed by atoms with van der Waals surface area (Å²) in [5.74, 6) is -3.04. The number of nitriles is 1. The van der Waals surface area contributed by atoms with Gasteiger partial charge in [-0.3, -0.25) is 9.78 Å². The molecule has 2 aliphatic rings. The van der Waals surface area contributed by atoms with Gasteiger partial charge in [0, 0.05) is 29.3 Å². The zero-order valence-corrected chi connectivity index (χ0v) is 16.8. The molecule has 1 aromatic carbocycles. The predicted octanol–water partition coefficient (Wildman–Crippen LogP) is 3.58. The van der Waals surface area contributed by atoms with E-state index in [1.807, 2.05) is 6.07 Å². The van der Waals surface area contributed by atoms with Crippen LogP contribution in [0.15, 0.2) is 29.4 Å². The summed E-state index contributed by atoms with van der Waals surface area (Å²) in [6.45, 7) is 0.625. The van der Waals surface area contributed by atoms with Gasteiger partial charge in [-0.15, -0.1) is 0 Å². The van der Waals surface area contributed by atoms with Crippen LogP contribution in [0.5, 0.6) is 0 Å². The Morgan fingerprint density at radius 2 is 2.17 bits per heavy atom. The van der Waals surface area contributed by atoms with Crippen molar-refractivity contribution in [2.24, 2.45) is 16.6 Å². The number of aryl methyl sites for hydroxylation is 1. The molecule has 1 fully saturated rings. The number of aromatic nitrogens is 1. The van der Waals surface area contributed by atoms with Gasteiger partial charge in [0.2, 0.25) is 0 Å². The quantitative estimate of drug-likeness (QED) is 0.732. The van der Waals surface area contributed by atoms with Gasteiger partial charge >= 0.3 is 0 Å². The number of nitrogens with zero attached hydrogens (tertiary/aromatic N) is 3. The number of halogens is 3. The molecule has 1 aromatic heterocycles. The van der Waals surface area contributed by atoms with Crippen LogP contribution in [0.3, 0.4) is 0 Å². The molecule has 5 nitrogen and oxygen atoms in total. The summed E-state index contributed by atoms with van der Waals surface area (Å²) in [7, 11) is 0. The highest BCUT2D eigenvalue weighted by Gasteiger charge is 2.58. The first kappa shape index (κ1) is 20.4. The number of amidine groups is 1. The number of ketones is 1. The molecule has 3 atom stereocenters. The van der Waals surface area contributed by atoms with Crippen LogP contribution >= 0.6 is 11.8 Å². The van der Waals surface area contributed by atoms with E-state index in [-0.39, 0.29) is 39.6 Å². The molecule has 2 N–H and O–H groups in total. The minimum Gasteiger partial charge on any atom is -0.379 e. The lowest BCUT2D eigenvalue weighted by atomic mass is 9.84. The number of fused-ring (bicyclic) bond motifs is 1. The Morgan fingerprint density at radius 1 is 1.40 bits per heavy atom. The van der Waals surface area contributed by atoms with Gasteiger partial charge in [-0.25, -0.2) is 18.2 Å². The van der Waals surface area contributed by atoms with E-state index in [0.29, 0.717) is 17.5 Å². The molecule has 0 spiro atoms. The molecule has 0 unspecified atom stereocenters. The fraction of sp³-hybridized carbons (Fsp3) is 0.333. The highest BCUT2D eigenvalue weighted by atomic mass is 32.2. The Bertz CT molecular complexity index is 1130. The van der Waals surface area contributed by atoms with E-state index in [2.05, 4.69) is 9.98 Å². The van der Waals surface area contributed by atoms with Gasteiger partial charge in [0.05, 0.1) is 5.56 Å². The standard InChI is InChI=1S/C21H17F3N4OS/c1-10-2-12(7-25)8-27-19(10)16(29)5-11-3-14(18(24)15(23)4-11)21(9-22)13-6-17(13)30-20(26)28-21/h2-4,8,13,17H,5-6,9H2,1H3,(H2,26,28)/t13-,17+,21+/m1/s1. The number of benzene rings is 1. The maximum atomic E-state index is 14.7. The molecule has 4 rings (SSSR count). The molecule has 0 bridgehead atoms. The van der Waals surface area contributed by atoms with E-state index >= 15 is 0 Å². The molecule has 30 heavy (non-hydrogen) atoms. The van der Waals surface area contributed by atoms with Gasteiger partial charge in [-0.2, -0.15) is 5.26 Å². The summed E-state index contributed by atoms with van der Waals surface area (Å²) < 4.78 is 43.4. The summed E-state index contributed by atoms with van der Waals surface area (Å²) in [5, 5.41) is 9.09. The molecule has 0 radical (unpaired) electrons. The van der Waals surface area contributed by atoms with E-state index in [9.17, 15) is 18.0 Å². The average Bonchev–Trinajstić information content (AvgIpc) is 3.49. The van der Waals surface area contributed by atoms with Crippen molar-refractivity contribution >= 4 is 22.7 Å². The molecule has 154 valence electrons. The number of aliphatic imine (C=N–C) groups is 1. The SMILES string of the molecule is Cc1cc(C#N)cnc1C(=O)Cc1cc(F)c(F)c([C@@]2(CF)N=C(N)S[C@H]3C[C@H]32)c1. The van der Waals surface area contributed by atoms with Crippen molar-refractivity contribution in [1.29, 1.82) is 5.26 Å². The van der Waals surface area contributed by atoms with Gasteiger partial charge in [-0.05, 0) is 42.7 Å². The maximum Gasteiger partial charge on any atom is 0.185 e. The first-order chi connectivity index (χ1) is 14.3. The largest absolute Gasteiger partial charge is 0.379 e. The van der Waals surface area contributed by atoms with Gasteiger partial charge in [-0.1, -0.05) is 11.8 Å². The van der Waals surface area contributed by atoms with Crippen LogP contribution in [-0.4, -0.2) is 27.9 Å². The third-order valence-electron chi connectivity index (χ3n) is 5.52. The normalized spacial score (nSPS) is 24.6. The second kappa shape index (κ2) is 7.43. The number of pyridine rings is 1. The van der Waals surface area contributed by atoms with Crippen molar-refractivity contribution < 1.29 is 18.0 Å². The van der Waals surface area contributed by atoms with E-state index in [1.165, 1.54) is 30.1 Å². The van der Waals surface area contributed by atoms with Gasteiger partial charge in [0.25, 0.3) is 0 Å². The minimum absolute atomic E-state index is 0.0245. The highest BCUT2D eigenvalue weighted by Crippen LogP contribution is 2.58. The number of carbonyl (C=O) groups excluding carboxylic acids is 1. The third kappa shape index (κ3) is 3.35. The van der Waals surface area contributed by atoms with E-state index in [4.69, 9.17) is 11.0 Å². The molecular formula is C21H17F3N4OS. The Hall–Kier alpha value is -2.86. The van der Waals surface area contributed by atoms with Crippen LogP contribution in [0.4, 0.5) is 13.2 Å². The molecule has 2 aromatic rings. The van der Waals surface area contributed by atoms with Crippen molar-refractivity contribution in [3.8, 4) is 6.07 Å². The van der Waals surface area contributed by atoms with Crippen molar-refractivity contribution in [1.82, 2.24) is 4.98 Å². The van der Waals surface area contributed by atoms with Gasteiger partial charge < -0.3 is 5.73 Å². The number of carbonyl (C=O) groups is 1. The first-order valence-electron chi connectivity index (χ1n) is 9.25. The number of hydrogen-bond acceptors (Lipinski definition) is 6. The molecule has 0 saturated heterocycles. The summed E-state index contributed by atoms with van der Waals surface area (Å²) in [6, 6.07) is 5.70. The smallest absolute Gasteiger partial charge is 0.185 e. The number of alkyl halides is 1. The van der Waals surface area contributed by atoms with E-state index in [1.54, 1.807) is 6.92 Å². The average molecular weight is 430 g/mol.